The van der Waals surface area contributed by atoms with Gasteiger partial charge in [0.15, 0.2) is 0 Å². The van der Waals surface area contributed by atoms with E-state index in [1.54, 1.807) is 7.11 Å². The van der Waals surface area contributed by atoms with Gasteiger partial charge in [-0.25, -0.2) is 4.39 Å². The molecule has 0 spiro atoms. The average molecular weight is 247 g/mol. The Balaban J connectivity index is 2.21. The molecule has 2 rings (SSSR count). The van der Waals surface area contributed by atoms with Crippen molar-refractivity contribution in [2.24, 2.45) is 0 Å². The van der Waals surface area contributed by atoms with Gasteiger partial charge in [0.25, 0.3) is 0 Å². The number of methoxy groups -OCH3 is 1. The SMILES string of the molecule is COc1ccccc1CC(O)c1ccncc1F. The van der Waals surface area contributed by atoms with E-state index in [0.29, 0.717) is 12.2 Å². The molecule has 94 valence electrons. The zero-order valence-corrected chi connectivity index (χ0v) is 10.0. The van der Waals surface area contributed by atoms with E-state index in [1.807, 2.05) is 24.3 Å². The Morgan fingerprint density at radius 2 is 2.11 bits per heavy atom. The van der Waals surface area contributed by atoms with Gasteiger partial charge in [0.05, 0.1) is 19.4 Å². The van der Waals surface area contributed by atoms with Crippen molar-refractivity contribution >= 4 is 0 Å². The van der Waals surface area contributed by atoms with Crippen molar-refractivity contribution in [3.63, 3.8) is 0 Å². The van der Waals surface area contributed by atoms with Crippen LogP contribution in [0.2, 0.25) is 0 Å². The number of hydrogen-bond acceptors (Lipinski definition) is 3. The highest BCUT2D eigenvalue weighted by Crippen LogP contribution is 2.25. The third-order valence-electron chi connectivity index (χ3n) is 2.77. The molecule has 0 fully saturated rings. The van der Waals surface area contributed by atoms with E-state index in [1.165, 1.54) is 12.3 Å². The number of halogens is 1. The molecular formula is C14H14FNO2. The topological polar surface area (TPSA) is 42.4 Å². The van der Waals surface area contributed by atoms with Gasteiger partial charge in [-0.15, -0.1) is 0 Å². The Morgan fingerprint density at radius 3 is 2.83 bits per heavy atom. The van der Waals surface area contributed by atoms with E-state index in [2.05, 4.69) is 4.98 Å². The molecule has 1 aromatic heterocycles. The van der Waals surface area contributed by atoms with E-state index < -0.39 is 11.9 Å². The van der Waals surface area contributed by atoms with Crippen molar-refractivity contribution < 1.29 is 14.2 Å². The molecule has 1 atom stereocenters. The zero-order chi connectivity index (χ0) is 13.0. The first kappa shape index (κ1) is 12.5. The van der Waals surface area contributed by atoms with Crippen LogP contribution in [0.1, 0.15) is 17.2 Å². The highest BCUT2D eigenvalue weighted by atomic mass is 19.1. The fourth-order valence-corrected chi connectivity index (χ4v) is 1.85. The lowest BCUT2D eigenvalue weighted by Crippen LogP contribution is -2.05. The van der Waals surface area contributed by atoms with Crippen molar-refractivity contribution in [1.29, 1.82) is 0 Å². The van der Waals surface area contributed by atoms with Gasteiger partial charge >= 0.3 is 0 Å². The molecule has 0 aliphatic rings. The molecule has 1 unspecified atom stereocenters. The van der Waals surface area contributed by atoms with Crippen LogP contribution in [-0.2, 0) is 6.42 Å². The molecule has 18 heavy (non-hydrogen) atoms. The maximum absolute atomic E-state index is 13.5. The van der Waals surface area contributed by atoms with Crippen LogP contribution >= 0.6 is 0 Å². The first-order valence-electron chi connectivity index (χ1n) is 5.61. The predicted octanol–water partition coefficient (Wildman–Crippen LogP) is 2.51. The van der Waals surface area contributed by atoms with Gasteiger partial charge in [-0.2, -0.15) is 0 Å². The number of aromatic nitrogens is 1. The van der Waals surface area contributed by atoms with Gasteiger partial charge in [0.1, 0.15) is 11.6 Å². The first-order valence-corrected chi connectivity index (χ1v) is 5.61. The number of benzene rings is 1. The fourth-order valence-electron chi connectivity index (χ4n) is 1.85. The van der Waals surface area contributed by atoms with Gasteiger partial charge in [-0.3, -0.25) is 4.98 Å². The summed E-state index contributed by atoms with van der Waals surface area (Å²) in [6.07, 6.45) is 1.94. The first-order chi connectivity index (χ1) is 8.72. The summed E-state index contributed by atoms with van der Waals surface area (Å²) in [5, 5.41) is 10.1. The number of hydrogen-bond donors (Lipinski definition) is 1. The van der Waals surface area contributed by atoms with Crippen LogP contribution < -0.4 is 4.74 Å². The molecule has 0 amide bonds. The second-order valence-corrected chi connectivity index (χ2v) is 3.93. The molecule has 0 saturated heterocycles. The van der Waals surface area contributed by atoms with Gasteiger partial charge in [-0.05, 0) is 17.7 Å². The lowest BCUT2D eigenvalue weighted by molar-refractivity contribution is 0.172. The van der Waals surface area contributed by atoms with Crippen molar-refractivity contribution in [3.8, 4) is 5.75 Å². The zero-order valence-electron chi connectivity index (χ0n) is 10.0. The van der Waals surface area contributed by atoms with Crippen molar-refractivity contribution in [2.45, 2.75) is 12.5 Å². The fraction of sp³-hybridized carbons (Fsp3) is 0.214. The summed E-state index contributed by atoms with van der Waals surface area (Å²) in [5.41, 5.74) is 1.08. The van der Waals surface area contributed by atoms with Gasteiger partial charge < -0.3 is 9.84 Å². The summed E-state index contributed by atoms with van der Waals surface area (Å²) in [6.45, 7) is 0. The molecule has 1 aromatic carbocycles. The molecule has 0 bridgehead atoms. The van der Waals surface area contributed by atoms with Crippen LogP contribution in [-0.4, -0.2) is 17.2 Å². The summed E-state index contributed by atoms with van der Waals surface area (Å²) < 4.78 is 18.7. The molecular weight excluding hydrogens is 233 g/mol. The molecule has 2 aromatic rings. The van der Waals surface area contributed by atoms with E-state index in [4.69, 9.17) is 4.74 Å². The van der Waals surface area contributed by atoms with Gasteiger partial charge in [0, 0.05) is 18.2 Å². The number of pyridine rings is 1. The van der Waals surface area contributed by atoms with Crippen LogP contribution in [0.15, 0.2) is 42.7 Å². The number of ether oxygens (including phenoxy) is 1. The summed E-state index contributed by atoms with van der Waals surface area (Å²) >= 11 is 0. The standard InChI is InChI=1S/C14H14FNO2/c1-18-14-5-3-2-4-10(14)8-13(17)11-6-7-16-9-12(11)15/h2-7,9,13,17H,8H2,1H3. The third kappa shape index (κ3) is 2.65. The van der Waals surface area contributed by atoms with Crippen LogP contribution in [0, 0.1) is 5.82 Å². The van der Waals surface area contributed by atoms with Crippen molar-refractivity contribution in [1.82, 2.24) is 4.98 Å². The maximum Gasteiger partial charge on any atom is 0.147 e. The normalized spacial score (nSPS) is 12.2. The average Bonchev–Trinajstić information content (AvgIpc) is 2.39. The number of nitrogens with zero attached hydrogens (tertiary/aromatic N) is 1. The van der Waals surface area contributed by atoms with Crippen LogP contribution in [0.5, 0.6) is 5.75 Å². The summed E-state index contributed by atoms with van der Waals surface area (Å²) in [5.74, 6) is 0.186. The number of rotatable bonds is 4. The summed E-state index contributed by atoms with van der Waals surface area (Å²) in [4.78, 5) is 3.66. The van der Waals surface area contributed by atoms with Gasteiger partial charge in [0.2, 0.25) is 0 Å². The second kappa shape index (κ2) is 5.60. The quantitative estimate of drug-likeness (QED) is 0.902. The molecule has 3 nitrogen and oxygen atoms in total. The highest BCUT2D eigenvalue weighted by molar-refractivity contribution is 5.34. The molecule has 0 saturated carbocycles. The second-order valence-electron chi connectivity index (χ2n) is 3.93. The lowest BCUT2D eigenvalue weighted by atomic mass is 10.0. The van der Waals surface area contributed by atoms with E-state index >= 15 is 0 Å². The Bertz CT molecular complexity index is 531. The summed E-state index contributed by atoms with van der Waals surface area (Å²) in [7, 11) is 1.57. The van der Waals surface area contributed by atoms with Crippen LogP contribution in [0.3, 0.4) is 0 Å². The molecule has 1 heterocycles. The Labute approximate surface area is 105 Å². The summed E-state index contributed by atoms with van der Waals surface area (Å²) in [6, 6.07) is 8.84. The van der Waals surface area contributed by atoms with Crippen molar-refractivity contribution in [3.05, 3.63) is 59.7 Å². The molecule has 0 radical (unpaired) electrons. The minimum atomic E-state index is -0.913. The monoisotopic (exact) mass is 247 g/mol. The largest absolute Gasteiger partial charge is 0.496 e. The van der Waals surface area contributed by atoms with Crippen LogP contribution in [0.4, 0.5) is 4.39 Å². The molecule has 4 heteroatoms. The Kier molecular flexibility index (Phi) is 3.89. The molecule has 1 N–H and O–H groups in total. The Morgan fingerprint density at radius 1 is 1.33 bits per heavy atom. The van der Waals surface area contributed by atoms with E-state index in [0.717, 1.165) is 11.8 Å². The van der Waals surface area contributed by atoms with Gasteiger partial charge in [-0.1, -0.05) is 18.2 Å². The van der Waals surface area contributed by atoms with Crippen LogP contribution in [0.25, 0.3) is 0 Å². The lowest BCUT2D eigenvalue weighted by Gasteiger charge is -2.14. The van der Waals surface area contributed by atoms with Crippen molar-refractivity contribution in [2.75, 3.05) is 7.11 Å². The minimum absolute atomic E-state index is 0.246. The predicted molar refractivity (Wildman–Crippen MR) is 65.9 cm³/mol. The molecule has 0 aliphatic carbocycles. The number of para-hydroxylation sites is 1. The van der Waals surface area contributed by atoms with E-state index in [9.17, 15) is 9.50 Å². The smallest absolute Gasteiger partial charge is 0.147 e. The number of aliphatic hydroxyl groups excluding tert-OH is 1. The highest BCUT2D eigenvalue weighted by Gasteiger charge is 2.15. The minimum Gasteiger partial charge on any atom is -0.496 e. The number of aliphatic hydroxyl groups is 1. The Hall–Kier alpha value is -1.94. The maximum atomic E-state index is 13.5. The molecule has 0 aliphatic heterocycles. The van der Waals surface area contributed by atoms with E-state index in [-0.39, 0.29) is 5.56 Å². The third-order valence-corrected chi connectivity index (χ3v) is 2.77.